The van der Waals surface area contributed by atoms with Crippen LogP contribution in [0.1, 0.15) is 52.4 Å². The molecule has 0 spiro atoms. The molecule has 2 aliphatic carbocycles. The van der Waals surface area contributed by atoms with E-state index < -0.39 is 0 Å². The highest BCUT2D eigenvalue weighted by Gasteiger charge is 2.37. The Morgan fingerprint density at radius 1 is 1.17 bits per heavy atom. The molecule has 0 aromatic rings. The summed E-state index contributed by atoms with van der Waals surface area (Å²) in [6, 6.07) is 1.61. The molecule has 0 bridgehead atoms. The standard InChI is InChI=1S/C16H30N2/c1-3-15-9-17-16(14-6-7-14)11-18(15)10-13-5-4-12(2)8-13/h12-17H,3-11H2,1-2H3. The molecule has 104 valence electrons. The molecule has 4 atom stereocenters. The molecule has 0 aromatic heterocycles. The van der Waals surface area contributed by atoms with E-state index in [9.17, 15) is 0 Å². The predicted octanol–water partition coefficient (Wildman–Crippen LogP) is 2.89. The Kier molecular flexibility index (Phi) is 3.95. The molecule has 1 N–H and O–H groups in total. The lowest BCUT2D eigenvalue weighted by molar-refractivity contribution is 0.100. The third kappa shape index (κ3) is 2.91. The Balaban J connectivity index is 1.55. The lowest BCUT2D eigenvalue weighted by atomic mass is 9.99. The molecule has 3 rings (SSSR count). The summed E-state index contributed by atoms with van der Waals surface area (Å²) < 4.78 is 0. The zero-order chi connectivity index (χ0) is 12.5. The second-order valence-corrected chi connectivity index (χ2v) is 7.15. The molecule has 2 heteroatoms. The van der Waals surface area contributed by atoms with Crippen LogP contribution in [0.5, 0.6) is 0 Å². The van der Waals surface area contributed by atoms with Crippen LogP contribution >= 0.6 is 0 Å². The summed E-state index contributed by atoms with van der Waals surface area (Å²) in [5.41, 5.74) is 0. The first-order valence-electron chi connectivity index (χ1n) is 8.23. The SMILES string of the molecule is CCC1CNC(C2CC2)CN1CC1CCC(C)C1. The zero-order valence-electron chi connectivity index (χ0n) is 12.2. The number of nitrogens with one attached hydrogen (secondary N) is 1. The molecule has 2 nitrogen and oxygen atoms in total. The fraction of sp³-hybridized carbons (Fsp3) is 1.00. The van der Waals surface area contributed by atoms with Gasteiger partial charge >= 0.3 is 0 Å². The van der Waals surface area contributed by atoms with Gasteiger partial charge in [0.1, 0.15) is 0 Å². The minimum absolute atomic E-state index is 0.802. The Bertz CT molecular complexity index is 274. The molecule has 4 unspecified atom stereocenters. The van der Waals surface area contributed by atoms with E-state index in [1.54, 1.807) is 0 Å². The maximum absolute atomic E-state index is 3.80. The summed E-state index contributed by atoms with van der Waals surface area (Å²) >= 11 is 0. The molecule has 3 fully saturated rings. The van der Waals surface area contributed by atoms with Crippen molar-refractivity contribution >= 4 is 0 Å². The van der Waals surface area contributed by atoms with E-state index >= 15 is 0 Å². The smallest absolute Gasteiger partial charge is 0.0224 e. The Morgan fingerprint density at radius 2 is 2.00 bits per heavy atom. The van der Waals surface area contributed by atoms with E-state index in [4.69, 9.17) is 0 Å². The normalized spacial score (nSPS) is 42.3. The largest absolute Gasteiger partial charge is 0.311 e. The number of nitrogens with zero attached hydrogens (tertiary/aromatic N) is 1. The van der Waals surface area contributed by atoms with Crippen molar-refractivity contribution in [2.75, 3.05) is 19.6 Å². The lowest BCUT2D eigenvalue weighted by Crippen LogP contribution is -2.57. The van der Waals surface area contributed by atoms with Gasteiger partial charge in [0, 0.05) is 31.7 Å². The quantitative estimate of drug-likeness (QED) is 0.825. The number of rotatable bonds is 4. The molecular formula is C16H30N2. The third-order valence-corrected chi connectivity index (χ3v) is 5.52. The maximum atomic E-state index is 3.80. The van der Waals surface area contributed by atoms with E-state index in [-0.39, 0.29) is 0 Å². The Labute approximate surface area is 113 Å². The van der Waals surface area contributed by atoms with Crippen molar-refractivity contribution in [3.8, 4) is 0 Å². The van der Waals surface area contributed by atoms with Gasteiger partial charge in [-0.05, 0) is 49.9 Å². The molecule has 0 amide bonds. The second kappa shape index (κ2) is 5.50. The van der Waals surface area contributed by atoms with Gasteiger partial charge in [-0.1, -0.05) is 20.3 Å². The lowest BCUT2D eigenvalue weighted by Gasteiger charge is -2.41. The average molecular weight is 250 g/mol. The van der Waals surface area contributed by atoms with E-state index in [0.717, 1.165) is 29.8 Å². The molecular weight excluding hydrogens is 220 g/mol. The van der Waals surface area contributed by atoms with E-state index in [0.29, 0.717) is 0 Å². The first kappa shape index (κ1) is 12.9. The third-order valence-electron chi connectivity index (χ3n) is 5.52. The molecule has 1 aliphatic heterocycles. The van der Waals surface area contributed by atoms with Gasteiger partial charge in [-0.15, -0.1) is 0 Å². The minimum Gasteiger partial charge on any atom is -0.311 e. The maximum Gasteiger partial charge on any atom is 0.0224 e. The van der Waals surface area contributed by atoms with Gasteiger partial charge in [0.05, 0.1) is 0 Å². The van der Waals surface area contributed by atoms with Crippen LogP contribution in [0.3, 0.4) is 0 Å². The fourth-order valence-corrected chi connectivity index (χ4v) is 4.15. The highest BCUT2D eigenvalue weighted by molar-refractivity contribution is 4.95. The summed E-state index contributed by atoms with van der Waals surface area (Å²) in [6.07, 6.45) is 8.70. The molecule has 0 radical (unpaired) electrons. The summed E-state index contributed by atoms with van der Waals surface area (Å²) in [5.74, 6) is 2.98. The van der Waals surface area contributed by atoms with Gasteiger partial charge in [0.25, 0.3) is 0 Å². The topological polar surface area (TPSA) is 15.3 Å². The van der Waals surface area contributed by atoms with Crippen LogP contribution in [0.4, 0.5) is 0 Å². The highest BCUT2D eigenvalue weighted by atomic mass is 15.2. The number of hydrogen-bond donors (Lipinski definition) is 1. The second-order valence-electron chi connectivity index (χ2n) is 7.15. The summed E-state index contributed by atoms with van der Waals surface area (Å²) in [5, 5.41) is 3.80. The van der Waals surface area contributed by atoms with Crippen LogP contribution < -0.4 is 5.32 Å². The number of hydrogen-bond acceptors (Lipinski definition) is 2. The monoisotopic (exact) mass is 250 g/mol. The van der Waals surface area contributed by atoms with Gasteiger partial charge in [0.2, 0.25) is 0 Å². The van der Waals surface area contributed by atoms with Crippen LogP contribution in [-0.4, -0.2) is 36.6 Å². The van der Waals surface area contributed by atoms with Crippen molar-refractivity contribution in [3.63, 3.8) is 0 Å². The summed E-state index contributed by atoms with van der Waals surface area (Å²) in [7, 11) is 0. The predicted molar refractivity (Wildman–Crippen MR) is 76.7 cm³/mol. The van der Waals surface area contributed by atoms with E-state index in [2.05, 4.69) is 24.1 Å². The van der Waals surface area contributed by atoms with E-state index in [1.807, 2.05) is 0 Å². The summed E-state index contributed by atoms with van der Waals surface area (Å²) in [4.78, 5) is 2.84. The van der Waals surface area contributed by atoms with E-state index in [1.165, 1.54) is 58.2 Å². The van der Waals surface area contributed by atoms with Crippen molar-refractivity contribution in [2.45, 2.75) is 64.5 Å². The molecule has 18 heavy (non-hydrogen) atoms. The van der Waals surface area contributed by atoms with Crippen LogP contribution in [0.25, 0.3) is 0 Å². The van der Waals surface area contributed by atoms with Gasteiger partial charge in [0.15, 0.2) is 0 Å². The van der Waals surface area contributed by atoms with Crippen LogP contribution in [0.2, 0.25) is 0 Å². The zero-order valence-corrected chi connectivity index (χ0v) is 12.2. The fourth-order valence-electron chi connectivity index (χ4n) is 4.15. The molecule has 2 saturated carbocycles. The Morgan fingerprint density at radius 3 is 2.61 bits per heavy atom. The van der Waals surface area contributed by atoms with Crippen LogP contribution in [0.15, 0.2) is 0 Å². The van der Waals surface area contributed by atoms with Crippen molar-refractivity contribution in [2.24, 2.45) is 17.8 Å². The van der Waals surface area contributed by atoms with Crippen molar-refractivity contribution in [1.82, 2.24) is 10.2 Å². The molecule has 3 aliphatic rings. The molecule has 1 heterocycles. The van der Waals surface area contributed by atoms with Gasteiger partial charge in [-0.25, -0.2) is 0 Å². The summed E-state index contributed by atoms with van der Waals surface area (Å²) in [6.45, 7) is 8.73. The highest BCUT2D eigenvalue weighted by Crippen LogP contribution is 2.36. The van der Waals surface area contributed by atoms with Crippen molar-refractivity contribution in [3.05, 3.63) is 0 Å². The van der Waals surface area contributed by atoms with Crippen molar-refractivity contribution in [1.29, 1.82) is 0 Å². The van der Waals surface area contributed by atoms with Gasteiger partial charge in [-0.3, -0.25) is 4.90 Å². The first-order valence-corrected chi connectivity index (χ1v) is 8.23. The Hall–Kier alpha value is -0.0800. The molecule has 0 aromatic carbocycles. The number of piperazine rings is 1. The minimum atomic E-state index is 0.802. The van der Waals surface area contributed by atoms with Gasteiger partial charge in [-0.2, -0.15) is 0 Å². The van der Waals surface area contributed by atoms with Crippen molar-refractivity contribution < 1.29 is 0 Å². The van der Waals surface area contributed by atoms with Crippen LogP contribution in [-0.2, 0) is 0 Å². The molecule has 1 saturated heterocycles. The van der Waals surface area contributed by atoms with Gasteiger partial charge < -0.3 is 5.32 Å². The van der Waals surface area contributed by atoms with Crippen LogP contribution in [0, 0.1) is 17.8 Å². The average Bonchev–Trinajstić information content (AvgIpc) is 3.14. The first-order chi connectivity index (χ1) is 8.76.